The van der Waals surface area contributed by atoms with Crippen LogP contribution in [0.4, 0.5) is 0 Å². The number of hydrogen-bond acceptors (Lipinski definition) is 0. The monoisotopic (exact) mass is 173 g/mol. The Labute approximate surface area is 77.0 Å². The second-order valence-corrected chi connectivity index (χ2v) is 5.04. The molecule has 0 saturated heterocycles. The molecule has 0 nitrogen and oxygen atoms in total. The van der Waals surface area contributed by atoms with Crippen LogP contribution in [0.3, 0.4) is 0 Å². The van der Waals surface area contributed by atoms with Crippen molar-refractivity contribution >= 4 is 21.6 Å². The van der Waals surface area contributed by atoms with Gasteiger partial charge >= 0.3 is 0 Å². The van der Waals surface area contributed by atoms with Gasteiger partial charge in [0.2, 0.25) is 0 Å². The third-order valence-corrected chi connectivity index (χ3v) is 4.27. The molecule has 0 aromatic heterocycles. The van der Waals surface area contributed by atoms with Gasteiger partial charge in [0.25, 0.3) is 0 Å². The largest absolute Gasteiger partial charge is 0.0835 e. The van der Waals surface area contributed by atoms with E-state index in [0.717, 1.165) is 0 Å². The second kappa shape index (κ2) is 4.47. The van der Waals surface area contributed by atoms with Crippen LogP contribution in [0.1, 0.15) is 0 Å². The molecular weight excluding hydrogens is 162 g/mol. The Bertz CT molecular complexity index is 248. The predicted octanol–water partition coefficient (Wildman–Crippen LogP) is 1.98. The van der Waals surface area contributed by atoms with Crippen LogP contribution in [-0.2, 0) is 0 Å². The van der Waals surface area contributed by atoms with Crippen LogP contribution >= 0.6 is 7.92 Å². The molecule has 59 valence electrons. The summed E-state index contributed by atoms with van der Waals surface area (Å²) in [6.45, 7) is 0. The highest BCUT2D eigenvalue weighted by molar-refractivity contribution is 7.66. The average molecular weight is 173 g/mol. The molecule has 0 saturated carbocycles. The fourth-order valence-corrected chi connectivity index (χ4v) is 3.30. The van der Waals surface area contributed by atoms with E-state index in [0.29, 0.717) is 0 Å². The summed E-state index contributed by atoms with van der Waals surface area (Å²) in [5.41, 5.74) is 0. The van der Waals surface area contributed by atoms with Crippen molar-refractivity contribution in [3.05, 3.63) is 42.5 Å². The Morgan fingerprint density at radius 3 is 2.08 bits per heavy atom. The number of benzene rings is 1. The van der Waals surface area contributed by atoms with Gasteiger partial charge in [-0.1, -0.05) is 50.4 Å². The first-order chi connectivity index (χ1) is 5.47. The van der Waals surface area contributed by atoms with Crippen LogP contribution in [0.2, 0.25) is 0 Å². The Balaban J connectivity index is 0.000000720. The van der Waals surface area contributed by atoms with Crippen LogP contribution < -0.4 is 5.30 Å². The summed E-state index contributed by atoms with van der Waals surface area (Å²) in [5.74, 6) is 0. The third kappa shape index (κ3) is 1.98. The van der Waals surface area contributed by atoms with Crippen molar-refractivity contribution in [1.82, 2.24) is 0 Å². The van der Waals surface area contributed by atoms with Gasteiger partial charge in [-0.15, -0.1) is 0 Å². The van der Waals surface area contributed by atoms with Crippen molar-refractivity contribution in [2.24, 2.45) is 0 Å². The molecule has 3 radical (unpaired) electrons. The van der Waals surface area contributed by atoms with Gasteiger partial charge < -0.3 is 0 Å². The van der Waals surface area contributed by atoms with E-state index < -0.39 is 0 Å². The van der Waals surface area contributed by atoms with E-state index in [1.54, 1.807) is 5.30 Å². The molecule has 1 aliphatic heterocycles. The molecule has 1 heterocycles. The molecule has 2 heteroatoms. The van der Waals surface area contributed by atoms with Crippen molar-refractivity contribution < 1.29 is 0 Å². The molecule has 0 unspecified atom stereocenters. The zero-order valence-corrected chi connectivity index (χ0v) is 7.87. The lowest BCUT2D eigenvalue weighted by Gasteiger charge is -2.08. The molecule has 1 aromatic carbocycles. The third-order valence-electron chi connectivity index (χ3n) is 1.94. The second-order valence-electron chi connectivity index (χ2n) is 2.71. The first-order valence-corrected chi connectivity index (χ1v) is 5.63. The molecule has 2 rings (SSSR count). The fourth-order valence-electron chi connectivity index (χ4n) is 1.33. The molecule has 0 aliphatic carbocycles. The normalized spacial score (nSPS) is 16.0. The van der Waals surface area contributed by atoms with Gasteiger partial charge in [-0.3, -0.25) is 0 Å². The van der Waals surface area contributed by atoms with E-state index in [4.69, 9.17) is 0 Å². The van der Waals surface area contributed by atoms with E-state index >= 15 is 0 Å². The maximum atomic E-state index is 2.30. The van der Waals surface area contributed by atoms with Crippen LogP contribution in [0.25, 0.3) is 0 Å². The summed E-state index contributed by atoms with van der Waals surface area (Å²) in [4.78, 5) is 0. The van der Waals surface area contributed by atoms with Gasteiger partial charge in [0, 0.05) is 8.41 Å². The number of allylic oxidation sites excluding steroid dienone is 2. The molecule has 0 spiro atoms. The summed E-state index contributed by atoms with van der Waals surface area (Å²) in [6, 6.07) is 10.9. The lowest BCUT2D eigenvalue weighted by atomic mass is 10.4. The minimum atomic E-state index is 0. The fraction of sp³-hybridized carbons (Fsp3) is 0.200. The molecule has 0 fully saturated rings. The van der Waals surface area contributed by atoms with E-state index in [1.807, 2.05) is 0 Å². The molecule has 0 amide bonds. The van der Waals surface area contributed by atoms with Crippen molar-refractivity contribution in [2.75, 3.05) is 12.3 Å². The predicted molar refractivity (Wildman–Crippen MR) is 57.6 cm³/mol. The first kappa shape index (κ1) is 9.54. The lowest BCUT2D eigenvalue weighted by molar-refractivity contribution is 1.74. The Hall–Kier alpha value is -0.545. The molecule has 1 aromatic rings. The highest BCUT2D eigenvalue weighted by atomic mass is 31.1. The highest BCUT2D eigenvalue weighted by Gasteiger charge is 2.10. The standard InChI is InChI=1S/C10H11P.B/c1-2-6-10(7-3-1)11-8-4-5-9-11;/h1-7H,8-9H2;. The SMILES string of the molecule is C1=CCP(c2ccccc2)C1.[B]. The van der Waals surface area contributed by atoms with Crippen LogP contribution in [-0.4, -0.2) is 20.7 Å². The van der Waals surface area contributed by atoms with Crippen LogP contribution in [0.5, 0.6) is 0 Å². The number of rotatable bonds is 1. The van der Waals surface area contributed by atoms with Crippen LogP contribution in [0, 0.1) is 0 Å². The van der Waals surface area contributed by atoms with Crippen molar-refractivity contribution in [1.29, 1.82) is 0 Å². The summed E-state index contributed by atoms with van der Waals surface area (Å²) in [6.07, 6.45) is 7.19. The number of hydrogen-bond donors (Lipinski definition) is 0. The average Bonchev–Trinajstić information content (AvgIpc) is 2.58. The van der Waals surface area contributed by atoms with Gasteiger partial charge in [-0.05, 0) is 17.6 Å². The minimum Gasteiger partial charge on any atom is -0.0835 e. The summed E-state index contributed by atoms with van der Waals surface area (Å²) in [5, 5.41) is 1.55. The summed E-state index contributed by atoms with van der Waals surface area (Å²) < 4.78 is 0. The van der Waals surface area contributed by atoms with Gasteiger partial charge in [-0.25, -0.2) is 0 Å². The van der Waals surface area contributed by atoms with E-state index in [2.05, 4.69) is 42.5 Å². The smallest absolute Gasteiger partial charge is 0 e. The van der Waals surface area contributed by atoms with Gasteiger partial charge in [0.1, 0.15) is 0 Å². The van der Waals surface area contributed by atoms with Crippen LogP contribution in [0.15, 0.2) is 42.5 Å². The van der Waals surface area contributed by atoms with E-state index in [1.165, 1.54) is 12.3 Å². The topological polar surface area (TPSA) is 0 Å². The quantitative estimate of drug-likeness (QED) is 0.346. The van der Waals surface area contributed by atoms with Crippen molar-refractivity contribution in [2.45, 2.75) is 0 Å². The maximum Gasteiger partial charge on any atom is 0 e. The first-order valence-electron chi connectivity index (χ1n) is 3.92. The van der Waals surface area contributed by atoms with Gasteiger partial charge in [0.15, 0.2) is 0 Å². The molecule has 0 bridgehead atoms. The zero-order chi connectivity index (χ0) is 7.52. The van der Waals surface area contributed by atoms with Crippen molar-refractivity contribution in [3.63, 3.8) is 0 Å². The highest BCUT2D eigenvalue weighted by Crippen LogP contribution is 2.37. The van der Waals surface area contributed by atoms with E-state index in [-0.39, 0.29) is 16.3 Å². The van der Waals surface area contributed by atoms with Crippen molar-refractivity contribution in [3.8, 4) is 0 Å². The summed E-state index contributed by atoms with van der Waals surface area (Å²) in [7, 11) is 0.149. The molecule has 1 aliphatic rings. The molecule has 0 N–H and O–H groups in total. The lowest BCUT2D eigenvalue weighted by Crippen LogP contribution is -2.00. The molecular formula is C10H11BP. The Kier molecular flexibility index (Phi) is 3.56. The Morgan fingerprint density at radius 1 is 0.917 bits per heavy atom. The van der Waals surface area contributed by atoms with Gasteiger partial charge in [-0.2, -0.15) is 0 Å². The molecule has 0 atom stereocenters. The summed E-state index contributed by atoms with van der Waals surface area (Å²) >= 11 is 0. The van der Waals surface area contributed by atoms with Gasteiger partial charge in [0.05, 0.1) is 0 Å². The Morgan fingerprint density at radius 2 is 1.50 bits per heavy atom. The minimum absolute atomic E-state index is 0. The zero-order valence-electron chi connectivity index (χ0n) is 6.98. The maximum absolute atomic E-state index is 2.30. The molecule has 12 heavy (non-hydrogen) atoms. The van der Waals surface area contributed by atoms with E-state index in [9.17, 15) is 0 Å².